The topological polar surface area (TPSA) is 57.8 Å². The Labute approximate surface area is 128 Å². The lowest BCUT2D eigenvalue weighted by Gasteiger charge is -2.26. The summed E-state index contributed by atoms with van der Waals surface area (Å²) in [7, 11) is 0. The van der Waals surface area contributed by atoms with E-state index in [-0.39, 0.29) is 17.5 Å². The molecule has 4 nitrogen and oxygen atoms in total. The fourth-order valence-corrected chi connectivity index (χ4v) is 3.03. The molecule has 4 rings (SSSR count). The smallest absolute Gasteiger partial charge is 0.272 e. The first-order valence-electron chi connectivity index (χ1n) is 6.95. The van der Waals surface area contributed by atoms with Gasteiger partial charge in [0.1, 0.15) is 17.5 Å². The van der Waals surface area contributed by atoms with E-state index in [1.807, 2.05) is 0 Å². The maximum Gasteiger partial charge on any atom is 0.272 e. The Balaban J connectivity index is 2.00. The van der Waals surface area contributed by atoms with Crippen LogP contribution in [0.3, 0.4) is 0 Å². The number of rotatable bonds is 1. The molecule has 1 aliphatic heterocycles. The van der Waals surface area contributed by atoms with Gasteiger partial charge in [-0.05, 0) is 23.8 Å². The second kappa shape index (κ2) is 4.84. The molecular formula is C16H10F3N3O. The monoisotopic (exact) mass is 317 g/mol. The minimum absolute atomic E-state index is 0.143. The number of benzene rings is 2. The third-order valence-corrected chi connectivity index (χ3v) is 4.05. The van der Waals surface area contributed by atoms with Crippen molar-refractivity contribution in [1.82, 2.24) is 10.2 Å². The standard InChI is InChI=1S/C16H10F3N3O/c17-7-1-2-9(12(19)4-7)11-6-20-13-5-8(18)3-10-14(13)15(11)21-22-16(10)23/h1-5,11,20H,6H2,(H,22,23). The summed E-state index contributed by atoms with van der Waals surface area (Å²) in [6.07, 6.45) is 0. The molecule has 2 heterocycles. The Hall–Kier alpha value is -2.83. The van der Waals surface area contributed by atoms with Crippen molar-refractivity contribution in [3.05, 3.63) is 69.4 Å². The maximum atomic E-state index is 14.1. The zero-order valence-corrected chi connectivity index (χ0v) is 11.7. The van der Waals surface area contributed by atoms with Crippen molar-refractivity contribution < 1.29 is 13.2 Å². The summed E-state index contributed by atoms with van der Waals surface area (Å²) in [5.74, 6) is -2.43. The van der Waals surface area contributed by atoms with E-state index in [0.29, 0.717) is 16.8 Å². The normalized spacial score (nSPS) is 16.4. The fourth-order valence-electron chi connectivity index (χ4n) is 3.03. The molecule has 0 saturated carbocycles. The molecule has 7 heteroatoms. The number of halogens is 3. The number of H-pyrrole nitrogens is 1. The van der Waals surface area contributed by atoms with Gasteiger partial charge in [-0.1, -0.05) is 6.07 Å². The van der Waals surface area contributed by atoms with Crippen LogP contribution in [0, 0.1) is 17.5 Å². The molecule has 1 aliphatic rings. The van der Waals surface area contributed by atoms with Gasteiger partial charge in [-0.15, -0.1) is 0 Å². The molecule has 1 aromatic heterocycles. The average Bonchev–Trinajstić information content (AvgIpc) is 2.51. The first-order valence-corrected chi connectivity index (χ1v) is 6.95. The van der Waals surface area contributed by atoms with Crippen molar-refractivity contribution in [3.63, 3.8) is 0 Å². The van der Waals surface area contributed by atoms with Crippen LogP contribution in [0.25, 0.3) is 10.8 Å². The summed E-state index contributed by atoms with van der Waals surface area (Å²) < 4.78 is 40.9. The number of hydrogen-bond donors (Lipinski definition) is 2. The summed E-state index contributed by atoms with van der Waals surface area (Å²) in [5, 5.41) is 9.93. The third kappa shape index (κ3) is 2.08. The van der Waals surface area contributed by atoms with Crippen molar-refractivity contribution in [2.24, 2.45) is 0 Å². The SMILES string of the molecule is O=c1[nH]nc2c3c(cc(F)cc13)NCC2c1ccc(F)cc1F. The van der Waals surface area contributed by atoms with E-state index >= 15 is 0 Å². The summed E-state index contributed by atoms with van der Waals surface area (Å²) in [5.41, 5.74) is 0.604. The van der Waals surface area contributed by atoms with Crippen LogP contribution in [0.15, 0.2) is 35.1 Å². The van der Waals surface area contributed by atoms with Crippen molar-refractivity contribution >= 4 is 16.5 Å². The molecule has 1 atom stereocenters. The van der Waals surface area contributed by atoms with Crippen molar-refractivity contribution in [2.75, 3.05) is 11.9 Å². The van der Waals surface area contributed by atoms with E-state index in [2.05, 4.69) is 15.5 Å². The zero-order valence-electron chi connectivity index (χ0n) is 11.7. The van der Waals surface area contributed by atoms with Crippen molar-refractivity contribution in [1.29, 1.82) is 0 Å². The molecule has 2 N–H and O–H groups in total. The third-order valence-electron chi connectivity index (χ3n) is 4.05. The van der Waals surface area contributed by atoms with Crippen LogP contribution in [-0.4, -0.2) is 16.7 Å². The predicted octanol–water partition coefficient (Wildman–Crippen LogP) is 2.90. The first kappa shape index (κ1) is 13.8. The molecule has 0 bridgehead atoms. The van der Waals surface area contributed by atoms with Gasteiger partial charge in [0.2, 0.25) is 0 Å². The Morgan fingerprint density at radius 2 is 1.91 bits per heavy atom. The largest absolute Gasteiger partial charge is 0.383 e. The summed E-state index contributed by atoms with van der Waals surface area (Å²) in [6.45, 7) is 0.257. The quantitative estimate of drug-likeness (QED) is 0.725. The number of hydrogen-bond acceptors (Lipinski definition) is 3. The van der Waals surface area contributed by atoms with E-state index in [1.54, 1.807) is 0 Å². The highest BCUT2D eigenvalue weighted by molar-refractivity contribution is 5.97. The molecule has 0 radical (unpaired) electrons. The Morgan fingerprint density at radius 3 is 2.70 bits per heavy atom. The highest BCUT2D eigenvalue weighted by atomic mass is 19.1. The van der Waals surface area contributed by atoms with Gasteiger partial charge in [-0.2, -0.15) is 5.10 Å². The summed E-state index contributed by atoms with van der Waals surface area (Å²) in [4.78, 5) is 11.9. The van der Waals surface area contributed by atoms with Crippen LogP contribution in [0.2, 0.25) is 0 Å². The van der Waals surface area contributed by atoms with E-state index in [4.69, 9.17) is 0 Å². The highest BCUT2D eigenvalue weighted by Crippen LogP contribution is 2.37. The molecule has 3 aromatic rings. The number of anilines is 1. The first-order chi connectivity index (χ1) is 11.0. The van der Waals surface area contributed by atoms with Gasteiger partial charge >= 0.3 is 0 Å². The molecule has 1 unspecified atom stereocenters. The van der Waals surface area contributed by atoms with Gasteiger partial charge < -0.3 is 5.32 Å². The van der Waals surface area contributed by atoms with Crippen LogP contribution >= 0.6 is 0 Å². The molecule has 0 spiro atoms. The predicted molar refractivity (Wildman–Crippen MR) is 79.0 cm³/mol. The molecule has 116 valence electrons. The second-order valence-electron chi connectivity index (χ2n) is 5.41. The lowest BCUT2D eigenvalue weighted by molar-refractivity contribution is 0.563. The lowest BCUT2D eigenvalue weighted by Crippen LogP contribution is -2.25. The fraction of sp³-hybridized carbons (Fsp3) is 0.125. The van der Waals surface area contributed by atoms with Gasteiger partial charge in [0, 0.05) is 29.6 Å². The second-order valence-corrected chi connectivity index (χ2v) is 5.41. The Bertz CT molecular complexity index is 1000. The van der Waals surface area contributed by atoms with Gasteiger partial charge in [-0.3, -0.25) is 4.79 Å². The van der Waals surface area contributed by atoms with Crippen LogP contribution in [0.5, 0.6) is 0 Å². The van der Waals surface area contributed by atoms with Gasteiger partial charge in [-0.25, -0.2) is 18.3 Å². The Morgan fingerprint density at radius 1 is 1.09 bits per heavy atom. The zero-order chi connectivity index (χ0) is 16.1. The average molecular weight is 317 g/mol. The highest BCUT2D eigenvalue weighted by Gasteiger charge is 2.28. The van der Waals surface area contributed by atoms with E-state index in [9.17, 15) is 18.0 Å². The molecule has 23 heavy (non-hydrogen) atoms. The van der Waals surface area contributed by atoms with E-state index < -0.39 is 28.9 Å². The molecule has 2 aromatic carbocycles. The van der Waals surface area contributed by atoms with Crippen LogP contribution in [0.1, 0.15) is 17.2 Å². The van der Waals surface area contributed by atoms with Gasteiger partial charge in [0.15, 0.2) is 0 Å². The molecule has 0 saturated heterocycles. The molecule has 0 amide bonds. The summed E-state index contributed by atoms with van der Waals surface area (Å²) in [6, 6.07) is 5.71. The number of nitrogens with one attached hydrogen (secondary N) is 2. The van der Waals surface area contributed by atoms with Crippen molar-refractivity contribution in [3.8, 4) is 0 Å². The summed E-state index contributed by atoms with van der Waals surface area (Å²) >= 11 is 0. The minimum atomic E-state index is -0.691. The maximum absolute atomic E-state index is 14.1. The van der Waals surface area contributed by atoms with Crippen molar-refractivity contribution in [2.45, 2.75) is 5.92 Å². The molecule has 0 aliphatic carbocycles. The van der Waals surface area contributed by atoms with Crippen LogP contribution in [0.4, 0.5) is 18.9 Å². The number of nitrogens with zero attached hydrogens (tertiary/aromatic N) is 1. The van der Waals surface area contributed by atoms with Gasteiger partial charge in [0.05, 0.1) is 11.1 Å². The van der Waals surface area contributed by atoms with Gasteiger partial charge in [0.25, 0.3) is 5.56 Å². The van der Waals surface area contributed by atoms with Crippen LogP contribution in [-0.2, 0) is 0 Å². The van der Waals surface area contributed by atoms with Crippen LogP contribution < -0.4 is 10.9 Å². The molecule has 0 fully saturated rings. The van der Waals surface area contributed by atoms with E-state index in [0.717, 1.165) is 12.1 Å². The number of aromatic nitrogens is 2. The number of aromatic amines is 1. The lowest BCUT2D eigenvalue weighted by atomic mass is 9.88. The van der Waals surface area contributed by atoms with E-state index in [1.165, 1.54) is 18.2 Å². The Kier molecular flexibility index (Phi) is 2.90. The molecular weight excluding hydrogens is 307 g/mol. The minimum Gasteiger partial charge on any atom is -0.383 e.